The van der Waals surface area contributed by atoms with E-state index in [2.05, 4.69) is 0 Å². The number of fused-ring (bicyclic) bond motifs is 1. The first-order valence-corrected chi connectivity index (χ1v) is 10.2. The smallest absolute Gasteiger partial charge is 0.181 e. The van der Waals surface area contributed by atoms with Gasteiger partial charge >= 0.3 is 0 Å². The van der Waals surface area contributed by atoms with E-state index in [1.807, 2.05) is 0 Å². The predicted octanol–water partition coefficient (Wildman–Crippen LogP) is 4.58. The van der Waals surface area contributed by atoms with Crippen LogP contribution in [-0.2, 0) is 15.0 Å². The summed E-state index contributed by atoms with van der Waals surface area (Å²) in [5.74, 6) is -3.23. The van der Waals surface area contributed by atoms with Gasteiger partial charge in [0, 0.05) is 16.7 Å². The van der Waals surface area contributed by atoms with Crippen molar-refractivity contribution in [1.29, 1.82) is 0 Å². The number of alkyl halides is 4. The standard InChI is InChI=1S/C20H10Cl4F2O2/c21-17-8-16(9-1-3-10(25)4-2-9)15-6-5-11(26)7-12(15)18(22,13(17)27)20(15,24)14(28)19(16,17)23/h1-7,12H,8H2. The molecule has 0 aromatic heterocycles. The predicted molar refractivity (Wildman–Crippen MR) is 101 cm³/mol. The second-order valence-electron chi connectivity index (χ2n) is 8.31. The molecule has 6 rings (SSSR count). The molecule has 5 aliphatic carbocycles. The van der Waals surface area contributed by atoms with Gasteiger partial charge in [0.2, 0.25) is 0 Å². The zero-order valence-corrected chi connectivity index (χ0v) is 16.9. The highest BCUT2D eigenvalue weighted by Gasteiger charge is 3.08. The minimum atomic E-state index is -1.90. The average Bonchev–Trinajstić information content (AvgIpc) is 2.74. The van der Waals surface area contributed by atoms with Crippen molar-refractivity contribution in [1.82, 2.24) is 0 Å². The van der Waals surface area contributed by atoms with Gasteiger partial charge in [-0.1, -0.05) is 18.2 Å². The van der Waals surface area contributed by atoms with Crippen molar-refractivity contribution in [2.75, 3.05) is 0 Å². The lowest BCUT2D eigenvalue weighted by atomic mass is 9.38. The van der Waals surface area contributed by atoms with Gasteiger partial charge in [0.05, 0.1) is 0 Å². The molecule has 0 saturated heterocycles. The molecule has 144 valence electrons. The van der Waals surface area contributed by atoms with Crippen LogP contribution in [0, 0.1) is 17.2 Å². The SMILES string of the molecule is O=C1C2(Cl)CC3(c4ccc(F)cc4)C2(Cl)C(=O)C2(Cl)C1(Cl)C1C=C(F)C=CC123. The number of benzene rings is 1. The second kappa shape index (κ2) is 4.39. The van der Waals surface area contributed by atoms with Gasteiger partial charge in [-0.15, -0.1) is 46.4 Å². The Hall–Kier alpha value is -0.940. The van der Waals surface area contributed by atoms with E-state index in [9.17, 15) is 18.4 Å². The number of allylic oxidation sites excluding steroid dienone is 4. The van der Waals surface area contributed by atoms with E-state index in [0.29, 0.717) is 5.56 Å². The lowest BCUT2D eigenvalue weighted by Crippen LogP contribution is -2.83. The monoisotopic (exact) mass is 460 g/mol. The van der Waals surface area contributed by atoms with Gasteiger partial charge in [-0.25, -0.2) is 8.78 Å². The number of hydrogen-bond donors (Lipinski definition) is 0. The largest absolute Gasteiger partial charge is 0.296 e. The van der Waals surface area contributed by atoms with Crippen molar-refractivity contribution in [2.45, 2.75) is 31.3 Å². The number of rotatable bonds is 1. The van der Waals surface area contributed by atoms with Gasteiger partial charge in [0.25, 0.3) is 0 Å². The Morgan fingerprint density at radius 1 is 0.929 bits per heavy atom. The molecular formula is C20H10Cl4F2O2. The van der Waals surface area contributed by atoms with Gasteiger partial charge in [-0.3, -0.25) is 9.59 Å². The molecule has 4 fully saturated rings. The summed E-state index contributed by atoms with van der Waals surface area (Å²) in [5.41, 5.74) is -1.95. The van der Waals surface area contributed by atoms with E-state index in [1.165, 1.54) is 42.5 Å². The fourth-order valence-corrected chi connectivity index (χ4v) is 9.54. The minimum Gasteiger partial charge on any atom is -0.296 e. The van der Waals surface area contributed by atoms with Crippen LogP contribution < -0.4 is 0 Å². The van der Waals surface area contributed by atoms with Crippen LogP contribution in [0.4, 0.5) is 8.78 Å². The third-order valence-electron chi connectivity index (χ3n) is 7.82. The van der Waals surface area contributed by atoms with Crippen LogP contribution in [-0.4, -0.2) is 31.1 Å². The van der Waals surface area contributed by atoms with Gasteiger partial charge in [0.15, 0.2) is 11.6 Å². The third kappa shape index (κ3) is 1.16. The Balaban J connectivity index is 1.78. The Labute approximate surface area is 178 Å². The average molecular weight is 462 g/mol. The maximum Gasteiger partial charge on any atom is 0.181 e. The molecule has 8 heteroatoms. The fraction of sp³-hybridized carbons (Fsp3) is 0.400. The Morgan fingerprint density at radius 2 is 1.57 bits per heavy atom. The zero-order valence-electron chi connectivity index (χ0n) is 13.9. The highest BCUT2D eigenvalue weighted by atomic mass is 35.5. The van der Waals surface area contributed by atoms with Crippen molar-refractivity contribution in [3.05, 3.63) is 59.7 Å². The Bertz CT molecular complexity index is 1100. The fourth-order valence-electron chi connectivity index (χ4n) is 6.89. The van der Waals surface area contributed by atoms with Gasteiger partial charge in [0.1, 0.15) is 31.1 Å². The molecule has 1 spiro atoms. The molecule has 7 atom stereocenters. The second-order valence-corrected chi connectivity index (χ2v) is 10.7. The summed E-state index contributed by atoms with van der Waals surface area (Å²) in [6.07, 6.45) is 3.96. The van der Waals surface area contributed by atoms with Crippen LogP contribution in [0.1, 0.15) is 12.0 Å². The molecule has 0 amide bonds. The lowest BCUT2D eigenvalue weighted by Gasteiger charge is -2.68. The van der Waals surface area contributed by atoms with Crippen molar-refractivity contribution in [2.24, 2.45) is 11.3 Å². The first kappa shape index (κ1) is 17.9. The molecule has 0 aliphatic heterocycles. The molecule has 7 unspecified atom stereocenters. The molecule has 2 bridgehead atoms. The van der Waals surface area contributed by atoms with Crippen molar-refractivity contribution < 1.29 is 18.4 Å². The van der Waals surface area contributed by atoms with Gasteiger partial charge in [-0.2, -0.15) is 0 Å². The summed E-state index contributed by atoms with van der Waals surface area (Å²) < 4.78 is 27.8. The molecule has 2 nitrogen and oxygen atoms in total. The quantitative estimate of drug-likeness (QED) is 0.573. The van der Waals surface area contributed by atoms with Gasteiger partial charge in [-0.05, 0) is 36.3 Å². The number of halogens is 6. The van der Waals surface area contributed by atoms with E-state index in [0.717, 1.165) is 0 Å². The van der Waals surface area contributed by atoms with E-state index < -0.39 is 59.5 Å². The van der Waals surface area contributed by atoms with Crippen LogP contribution in [0.2, 0.25) is 0 Å². The minimum absolute atomic E-state index is 0.000496. The van der Waals surface area contributed by atoms with Crippen LogP contribution in [0.5, 0.6) is 0 Å². The zero-order chi connectivity index (χ0) is 20.1. The number of Topliss-reactive ketones (excluding diaryl/α,β-unsaturated/α-hetero) is 2. The highest BCUT2D eigenvalue weighted by molar-refractivity contribution is 6.67. The highest BCUT2D eigenvalue weighted by Crippen LogP contribution is 2.94. The summed E-state index contributed by atoms with van der Waals surface area (Å²) in [7, 11) is 0. The number of ketones is 2. The molecule has 0 radical (unpaired) electrons. The Kier molecular flexibility index (Phi) is 2.80. The number of carbonyl (C=O) groups is 2. The normalized spacial score (nSPS) is 54.6. The maximum absolute atomic E-state index is 14.2. The van der Waals surface area contributed by atoms with Crippen LogP contribution in [0.15, 0.2) is 48.3 Å². The summed E-state index contributed by atoms with van der Waals surface area (Å²) in [6.45, 7) is 0. The van der Waals surface area contributed by atoms with Gasteiger partial charge < -0.3 is 0 Å². The third-order valence-corrected chi connectivity index (χ3v) is 10.9. The Morgan fingerprint density at radius 3 is 2.21 bits per heavy atom. The van der Waals surface area contributed by atoms with Crippen molar-refractivity contribution in [3.8, 4) is 0 Å². The summed E-state index contributed by atoms with van der Waals surface area (Å²) in [4.78, 5) is 19.7. The van der Waals surface area contributed by atoms with Crippen LogP contribution >= 0.6 is 46.4 Å². The lowest BCUT2D eigenvalue weighted by molar-refractivity contribution is -0.147. The number of hydrogen-bond acceptors (Lipinski definition) is 2. The molecule has 0 heterocycles. The molecule has 28 heavy (non-hydrogen) atoms. The van der Waals surface area contributed by atoms with Crippen molar-refractivity contribution in [3.63, 3.8) is 0 Å². The molecule has 5 aliphatic rings. The topological polar surface area (TPSA) is 34.1 Å². The summed E-state index contributed by atoms with van der Waals surface area (Å²) in [5, 5.41) is 0. The molecule has 4 saturated carbocycles. The summed E-state index contributed by atoms with van der Waals surface area (Å²) >= 11 is 27.3. The van der Waals surface area contributed by atoms with E-state index in [1.54, 1.807) is 0 Å². The molecule has 1 aromatic carbocycles. The van der Waals surface area contributed by atoms with Crippen LogP contribution in [0.25, 0.3) is 0 Å². The van der Waals surface area contributed by atoms with Crippen LogP contribution in [0.3, 0.4) is 0 Å². The van der Waals surface area contributed by atoms with E-state index >= 15 is 0 Å². The first-order chi connectivity index (χ1) is 13.0. The van der Waals surface area contributed by atoms with Crippen molar-refractivity contribution >= 4 is 58.0 Å². The maximum atomic E-state index is 14.2. The molecular weight excluding hydrogens is 452 g/mol. The first-order valence-electron chi connectivity index (χ1n) is 8.68. The summed E-state index contributed by atoms with van der Waals surface area (Å²) in [6, 6.07) is 5.51. The number of carbonyl (C=O) groups excluding carboxylic acids is 2. The molecule has 0 N–H and O–H groups in total. The van der Waals surface area contributed by atoms with E-state index in [4.69, 9.17) is 46.4 Å². The van der Waals surface area contributed by atoms with E-state index in [-0.39, 0.29) is 6.42 Å². The molecule has 1 aromatic rings.